The van der Waals surface area contributed by atoms with E-state index in [-0.39, 0.29) is 18.0 Å². The number of aromatic nitrogens is 1. The number of esters is 1. The monoisotopic (exact) mass is 495 g/mol. The summed E-state index contributed by atoms with van der Waals surface area (Å²) in [4.78, 5) is 19.6. The Morgan fingerprint density at radius 1 is 1.25 bits per heavy atom. The first-order valence-corrected chi connectivity index (χ1v) is 13.3. The Bertz CT molecular complexity index is 998. The first kappa shape index (κ1) is 26.4. The van der Waals surface area contributed by atoms with Gasteiger partial charge >= 0.3 is 5.97 Å². The fourth-order valence-electron chi connectivity index (χ4n) is 5.20. The van der Waals surface area contributed by atoms with Crippen LogP contribution in [0.3, 0.4) is 0 Å². The van der Waals surface area contributed by atoms with Gasteiger partial charge in [0.05, 0.1) is 19.6 Å². The molecule has 0 aliphatic carbocycles. The molecule has 0 amide bonds. The van der Waals surface area contributed by atoms with Gasteiger partial charge in [0.2, 0.25) is 0 Å². The van der Waals surface area contributed by atoms with Crippen molar-refractivity contribution < 1.29 is 19.0 Å². The van der Waals surface area contributed by atoms with Crippen LogP contribution in [0, 0.1) is 5.92 Å². The van der Waals surface area contributed by atoms with Crippen LogP contribution in [0.4, 0.5) is 5.82 Å². The summed E-state index contributed by atoms with van der Waals surface area (Å²) in [6.07, 6.45) is 6.04. The molecular weight excluding hydrogens is 454 g/mol. The van der Waals surface area contributed by atoms with Crippen molar-refractivity contribution in [1.82, 2.24) is 9.88 Å². The summed E-state index contributed by atoms with van der Waals surface area (Å²) >= 11 is 0. The van der Waals surface area contributed by atoms with Crippen LogP contribution in [0.25, 0.3) is 0 Å². The summed E-state index contributed by atoms with van der Waals surface area (Å²) in [5.74, 6) is 2.42. The number of ether oxygens (including phenoxy) is 3. The Morgan fingerprint density at radius 2 is 2.14 bits per heavy atom. The van der Waals surface area contributed by atoms with Gasteiger partial charge in [0.25, 0.3) is 0 Å². The van der Waals surface area contributed by atoms with Crippen molar-refractivity contribution in [2.75, 3.05) is 52.3 Å². The highest BCUT2D eigenvalue weighted by Gasteiger charge is 2.27. The Hall–Kier alpha value is -2.64. The molecule has 2 aliphatic heterocycles. The lowest BCUT2D eigenvalue weighted by molar-refractivity contribution is -0.141. The van der Waals surface area contributed by atoms with Gasteiger partial charge in [0, 0.05) is 38.4 Å². The molecule has 36 heavy (non-hydrogen) atoms. The maximum absolute atomic E-state index is 12.2. The van der Waals surface area contributed by atoms with Gasteiger partial charge in [-0.15, -0.1) is 0 Å². The average Bonchev–Trinajstić information content (AvgIpc) is 3.37. The Kier molecular flexibility index (Phi) is 9.59. The van der Waals surface area contributed by atoms with Gasteiger partial charge in [-0.1, -0.05) is 18.2 Å². The van der Waals surface area contributed by atoms with E-state index in [4.69, 9.17) is 19.2 Å². The third-order valence-electron chi connectivity index (χ3n) is 7.47. The number of anilines is 1. The van der Waals surface area contributed by atoms with E-state index in [0.717, 1.165) is 62.6 Å². The molecule has 0 radical (unpaired) electrons. The number of carbonyl (C=O) groups excluding carboxylic acids is 1. The fourth-order valence-corrected chi connectivity index (χ4v) is 5.20. The van der Waals surface area contributed by atoms with Crippen molar-refractivity contribution in [3.63, 3.8) is 0 Å². The van der Waals surface area contributed by atoms with Crippen molar-refractivity contribution in [3.8, 4) is 5.75 Å². The highest BCUT2D eigenvalue weighted by molar-refractivity contribution is 5.70. The zero-order chi connectivity index (χ0) is 25.3. The molecule has 2 aromatic rings. The van der Waals surface area contributed by atoms with Gasteiger partial charge < -0.3 is 24.4 Å². The van der Waals surface area contributed by atoms with Crippen LogP contribution in [-0.2, 0) is 27.1 Å². The molecule has 1 saturated heterocycles. The van der Waals surface area contributed by atoms with E-state index < -0.39 is 0 Å². The van der Waals surface area contributed by atoms with E-state index in [1.165, 1.54) is 31.2 Å². The summed E-state index contributed by atoms with van der Waals surface area (Å²) < 4.78 is 16.2. The molecule has 1 aromatic heterocycles. The Balaban J connectivity index is 1.33. The standard InChI is InChI=1S/C29H41N3O4/c1-21(34-2)20-36-27-8-4-6-24(16-27)25(17-28(33)35-3)19-32-15-13-22(18-32)9-11-26-12-10-23-7-5-14-30-29(23)31-26/h4,6,8,10,12,16,21-22,25H,5,7,9,11,13-15,17-20H2,1-3H3,(H,30,31)/t21-,22+,25-/m0/s1. The quantitative estimate of drug-likeness (QED) is 0.436. The number of nitrogens with zero attached hydrogens (tertiary/aromatic N) is 2. The predicted molar refractivity (Wildman–Crippen MR) is 142 cm³/mol. The number of benzene rings is 1. The second kappa shape index (κ2) is 13.1. The van der Waals surface area contributed by atoms with Gasteiger partial charge in [0.1, 0.15) is 18.2 Å². The minimum atomic E-state index is -0.179. The first-order chi connectivity index (χ1) is 17.5. The lowest BCUT2D eigenvalue weighted by Gasteiger charge is -2.24. The van der Waals surface area contributed by atoms with Crippen LogP contribution in [0.15, 0.2) is 36.4 Å². The SMILES string of the molecule is COC(=O)C[C@@H](CN1CC[C@@H](CCc2ccc3c(n2)NCCC3)C1)c1cccc(OC[C@H](C)OC)c1. The summed E-state index contributed by atoms with van der Waals surface area (Å²) in [5.41, 5.74) is 3.64. The highest BCUT2D eigenvalue weighted by atomic mass is 16.5. The maximum Gasteiger partial charge on any atom is 0.306 e. The number of carbonyl (C=O) groups is 1. The Labute approximate surface area is 215 Å². The first-order valence-electron chi connectivity index (χ1n) is 13.3. The van der Waals surface area contributed by atoms with Crippen molar-refractivity contribution in [2.24, 2.45) is 5.92 Å². The number of fused-ring (bicyclic) bond motifs is 1. The van der Waals surface area contributed by atoms with Crippen molar-refractivity contribution in [2.45, 2.75) is 57.5 Å². The number of rotatable bonds is 12. The fraction of sp³-hybridized carbons (Fsp3) is 0.586. The zero-order valence-electron chi connectivity index (χ0n) is 22.0. The predicted octanol–water partition coefficient (Wildman–Crippen LogP) is 4.45. The zero-order valence-corrected chi connectivity index (χ0v) is 22.0. The summed E-state index contributed by atoms with van der Waals surface area (Å²) in [7, 11) is 3.14. The van der Waals surface area contributed by atoms with E-state index in [0.29, 0.717) is 18.9 Å². The summed E-state index contributed by atoms with van der Waals surface area (Å²) in [6, 6.07) is 12.5. The number of hydrogen-bond acceptors (Lipinski definition) is 7. The molecule has 3 heterocycles. The molecule has 2 aliphatic rings. The average molecular weight is 496 g/mol. The van der Waals surface area contributed by atoms with Crippen LogP contribution < -0.4 is 10.1 Å². The smallest absolute Gasteiger partial charge is 0.306 e. The van der Waals surface area contributed by atoms with Crippen LogP contribution in [-0.4, -0.2) is 69.0 Å². The van der Waals surface area contributed by atoms with E-state index in [9.17, 15) is 4.79 Å². The van der Waals surface area contributed by atoms with E-state index in [1.807, 2.05) is 19.1 Å². The normalized spacial score (nSPS) is 19.2. The topological polar surface area (TPSA) is 72.9 Å². The van der Waals surface area contributed by atoms with E-state index in [1.54, 1.807) is 7.11 Å². The van der Waals surface area contributed by atoms with Crippen LogP contribution >= 0.6 is 0 Å². The molecule has 1 fully saturated rings. The van der Waals surface area contributed by atoms with E-state index in [2.05, 4.69) is 34.5 Å². The van der Waals surface area contributed by atoms with Crippen LogP contribution in [0.1, 0.15) is 55.3 Å². The van der Waals surface area contributed by atoms with Crippen molar-refractivity contribution >= 4 is 11.8 Å². The molecule has 0 spiro atoms. The van der Waals surface area contributed by atoms with Gasteiger partial charge in [-0.25, -0.2) is 4.98 Å². The number of nitrogens with one attached hydrogen (secondary N) is 1. The summed E-state index contributed by atoms with van der Waals surface area (Å²) in [5, 5.41) is 3.44. The molecular formula is C29H41N3O4. The van der Waals surface area contributed by atoms with Crippen molar-refractivity contribution in [1.29, 1.82) is 0 Å². The number of likely N-dealkylation sites (tertiary alicyclic amines) is 1. The van der Waals surface area contributed by atoms with Crippen LogP contribution in [0.2, 0.25) is 0 Å². The maximum atomic E-state index is 12.2. The molecule has 7 nitrogen and oxygen atoms in total. The minimum Gasteiger partial charge on any atom is -0.491 e. The number of aryl methyl sites for hydroxylation is 2. The molecule has 3 atom stereocenters. The second-order valence-corrected chi connectivity index (χ2v) is 10.2. The molecule has 1 N–H and O–H groups in total. The molecule has 0 saturated carbocycles. The second-order valence-electron chi connectivity index (χ2n) is 10.2. The lowest BCUT2D eigenvalue weighted by atomic mass is 9.94. The third-order valence-corrected chi connectivity index (χ3v) is 7.47. The summed E-state index contributed by atoms with van der Waals surface area (Å²) in [6.45, 7) is 6.45. The van der Waals surface area contributed by atoms with Gasteiger partial charge in [0.15, 0.2) is 0 Å². The highest BCUT2D eigenvalue weighted by Crippen LogP contribution is 2.29. The third kappa shape index (κ3) is 7.43. The van der Waals surface area contributed by atoms with Gasteiger partial charge in [-0.3, -0.25) is 4.79 Å². The van der Waals surface area contributed by atoms with Crippen LogP contribution in [0.5, 0.6) is 5.75 Å². The number of pyridine rings is 1. The van der Waals surface area contributed by atoms with E-state index >= 15 is 0 Å². The molecule has 4 rings (SSSR count). The molecule has 7 heteroatoms. The largest absolute Gasteiger partial charge is 0.491 e. The Morgan fingerprint density at radius 3 is 2.97 bits per heavy atom. The molecule has 0 bridgehead atoms. The number of hydrogen-bond donors (Lipinski definition) is 1. The van der Waals surface area contributed by atoms with Crippen molar-refractivity contribution in [3.05, 3.63) is 53.2 Å². The number of methoxy groups -OCH3 is 2. The molecule has 0 unspecified atom stereocenters. The minimum absolute atomic E-state index is 0.0221. The van der Waals surface area contributed by atoms with Gasteiger partial charge in [-0.05, 0) is 80.8 Å². The van der Waals surface area contributed by atoms with Gasteiger partial charge in [-0.2, -0.15) is 0 Å². The molecule has 196 valence electrons. The lowest BCUT2D eigenvalue weighted by Crippen LogP contribution is -2.28. The molecule has 1 aromatic carbocycles.